The van der Waals surface area contributed by atoms with Gasteiger partial charge in [-0.2, -0.15) is 0 Å². The summed E-state index contributed by atoms with van der Waals surface area (Å²) in [5.74, 6) is -2.35. The predicted molar refractivity (Wildman–Crippen MR) is 71.5 cm³/mol. The molecule has 5 nitrogen and oxygen atoms in total. The molecular formula is C13H12F2N4O. The molecule has 1 heterocycles. The maximum absolute atomic E-state index is 13.9. The van der Waals surface area contributed by atoms with E-state index in [9.17, 15) is 13.6 Å². The van der Waals surface area contributed by atoms with Crippen molar-refractivity contribution in [3.05, 3.63) is 47.2 Å². The van der Waals surface area contributed by atoms with E-state index in [2.05, 4.69) is 10.3 Å². The lowest BCUT2D eigenvalue weighted by Crippen LogP contribution is -2.14. The van der Waals surface area contributed by atoms with Crippen molar-refractivity contribution < 1.29 is 13.6 Å². The van der Waals surface area contributed by atoms with E-state index in [1.807, 2.05) is 0 Å². The number of benzene rings is 1. The second-order valence-electron chi connectivity index (χ2n) is 4.18. The van der Waals surface area contributed by atoms with Crippen molar-refractivity contribution in [1.82, 2.24) is 4.98 Å². The van der Waals surface area contributed by atoms with Gasteiger partial charge < -0.3 is 16.8 Å². The van der Waals surface area contributed by atoms with Gasteiger partial charge in [0.15, 0.2) is 11.6 Å². The molecule has 0 bridgehead atoms. The van der Waals surface area contributed by atoms with Gasteiger partial charge in [0.05, 0.1) is 5.69 Å². The smallest absolute Gasteiger partial charge is 0.267 e. The molecule has 1 aromatic carbocycles. The van der Waals surface area contributed by atoms with Crippen molar-refractivity contribution in [1.29, 1.82) is 0 Å². The summed E-state index contributed by atoms with van der Waals surface area (Å²) in [6.45, 7) is 1.50. The van der Waals surface area contributed by atoms with Gasteiger partial charge >= 0.3 is 0 Å². The molecule has 0 fully saturated rings. The zero-order valence-electron chi connectivity index (χ0n) is 10.6. The molecule has 2 rings (SSSR count). The minimum absolute atomic E-state index is 0.0373. The van der Waals surface area contributed by atoms with Crippen LogP contribution in [0, 0.1) is 18.6 Å². The Labute approximate surface area is 113 Å². The molecule has 0 unspecified atom stereocenters. The van der Waals surface area contributed by atoms with Crippen LogP contribution in [-0.4, -0.2) is 10.9 Å². The van der Waals surface area contributed by atoms with Gasteiger partial charge in [0.1, 0.15) is 17.2 Å². The number of amides is 1. The number of nitrogens with two attached hydrogens (primary N) is 2. The molecule has 0 atom stereocenters. The molecule has 2 aromatic rings. The highest BCUT2D eigenvalue weighted by Crippen LogP contribution is 2.27. The largest absolute Gasteiger partial charge is 0.396 e. The number of primary amides is 1. The maximum atomic E-state index is 13.9. The Bertz CT molecular complexity index is 688. The first-order valence-electron chi connectivity index (χ1n) is 5.68. The number of aromatic nitrogens is 1. The van der Waals surface area contributed by atoms with Gasteiger partial charge in [-0.15, -0.1) is 0 Å². The summed E-state index contributed by atoms with van der Waals surface area (Å²) in [7, 11) is 0. The fourth-order valence-electron chi connectivity index (χ4n) is 1.60. The number of rotatable bonds is 3. The number of halogens is 2. The third-order valence-corrected chi connectivity index (χ3v) is 2.71. The molecule has 0 saturated heterocycles. The second-order valence-corrected chi connectivity index (χ2v) is 4.18. The first-order valence-corrected chi connectivity index (χ1v) is 5.68. The molecule has 20 heavy (non-hydrogen) atoms. The Balaban J connectivity index is 2.47. The van der Waals surface area contributed by atoms with E-state index < -0.39 is 17.5 Å². The molecule has 0 radical (unpaired) electrons. The molecule has 1 aromatic heterocycles. The first-order chi connectivity index (χ1) is 9.40. The van der Waals surface area contributed by atoms with Crippen molar-refractivity contribution in [2.24, 2.45) is 5.73 Å². The SMILES string of the molecule is Cc1ccc(F)c(Nc2nc(C(N)=O)ccc2N)c1F. The molecule has 0 aliphatic rings. The van der Waals surface area contributed by atoms with Gasteiger partial charge in [-0.25, -0.2) is 13.8 Å². The Kier molecular flexibility index (Phi) is 3.51. The first kappa shape index (κ1) is 13.7. The molecule has 0 aliphatic carbocycles. The van der Waals surface area contributed by atoms with Crippen LogP contribution in [0.3, 0.4) is 0 Å². The Morgan fingerprint density at radius 2 is 1.95 bits per heavy atom. The number of nitrogens with zero attached hydrogens (tertiary/aromatic N) is 1. The molecule has 1 amide bonds. The van der Waals surface area contributed by atoms with Gasteiger partial charge in [-0.3, -0.25) is 4.79 Å². The quantitative estimate of drug-likeness (QED) is 0.801. The Hall–Kier alpha value is -2.70. The van der Waals surface area contributed by atoms with Crippen LogP contribution in [0.15, 0.2) is 24.3 Å². The third-order valence-electron chi connectivity index (χ3n) is 2.71. The van der Waals surface area contributed by atoms with Crippen LogP contribution in [0.25, 0.3) is 0 Å². The number of hydrogen-bond acceptors (Lipinski definition) is 4. The highest BCUT2D eigenvalue weighted by Gasteiger charge is 2.14. The average molecular weight is 278 g/mol. The highest BCUT2D eigenvalue weighted by atomic mass is 19.1. The summed E-state index contributed by atoms with van der Waals surface area (Å²) in [5, 5.41) is 2.45. The topological polar surface area (TPSA) is 94.0 Å². The zero-order chi connectivity index (χ0) is 14.9. The van der Waals surface area contributed by atoms with Crippen LogP contribution < -0.4 is 16.8 Å². The van der Waals surface area contributed by atoms with Crippen molar-refractivity contribution in [2.75, 3.05) is 11.1 Å². The molecule has 0 saturated carbocycles. The minimum Gasteiger partial charge on any atom is -0.396 e. The van der Waals surface area contributed by atoms with Crippen LogP contribution in [0.4, 0.5) is 26.0 Å². The average Bonchev–Trinajstić information content (AvgIpc) is 2.41. The zero-order valence-corrected chi connectivity index (χ0v) is 10.6. The lowest BCUT2D eigenvalue weighted by molar-refractivity contribution is 0.0996. The van der Waals surface area contributed by atoms with Crippen molar-refractivity contribution in [3.63, 3.8) is 0 Å². The molecule has 104 valence electrons. The second kappa shape index (κ2) is 5.12. The van der Waals surface area contributed by atoms with Gasteiger partial charge in [-0.05, 0) is 30.7 Å². The van der Waals surface area contributed by atoms with Crippen LogP contribution in [0.2, 0.25) is 0 Å². The normalized spacial score (nSPS) is 10.3. The predicted octanol–water partition coefficient (Wildman–Crippen LogP) is 2.09. The van der Waals surface area contributed by atoms with Crippen molar-refractivity contribution in [2.45, 2.75) is 6.92 Å². The van der Waals surface area contributed by atoms with E-state index in [4.69, 9.17) is 11.5 Å². The van der Waals surface area contributed by atoms with Crippen LogP contribution >= 0.6 is 0 Å². The Morgan fingerprint density at radius 1 is 1.25 bits per heavy atom. The summed E-state index contributed by atoms with van der Waals surface area (Å²) in [6, 6.07) is 5.13. The number of aryl methyl sites for hydroxylation is 1. The molecular weight excluding hydrogens is 266 g/mol. The van der Waals surface area contributed by atoms with Crippen molar-refractivity contribution >= 4 is 23.1 Å². The number of hydrogen-bond donors (Lipinski definition) is 3. The number of carbonyl (C=O) groups is 1. The van der Waals surface area contributed by atoms with E-state index in [-0.39, 0.29) is 28.5 Å². The lowest BCUT2D eigenvalue weighted by atomic mass is 10.2. The monoisotopic (exact) mass is 278 g/mol. The fourth-order valence-corrected chi connectivity index (χ4v) is 1.60. The van der Waals surface area contributed by atoms with Crippen LogP contribution in [-0.2, 0) is 0 Å². The van der Waals surface area contributed by atoms with E-state index in [1.165, 1.54) is 25.1 Å². The van der Waals surface area contributed by atoms with Crippen LogP contribution in [0.1, 0.15) is 16.1 Å². The summed E-state index contributed by atoms with van der Waals surface area (Å²) >= 11 is 0. The maximum Gasteiger partial charge on any atom is 0.267 e. The van der Waals surface area contributed by atoms with Gasteiger partial charge in [0.25, 0.3) is 5.91 Å². The van der Waals surface area contributed by atoms with E-state index in [1.54, 1.807) is 0 Å². The third kappa shape index (κ3) is 2.51. The number of pyridine rings is 1. The number of anilines is 3. The lowest BCUT2D eigenvalue weighted by Gasteiger charge is -2.12. The minimum atomic E-state index is -0.793. The number of nitrogen functional groups attached to an aromatic ring is 1. The van der Waals surface area contributed by atoms with Gasteiger partial charge in [0.2, 0.25) is 0 Å². The highest BCUT2D eigenvalue weighted by molar-refractivity contribution is 5.92. The molecule has 5 N–H and O–H groups in total. The summed E-state index contributed by atoms with van der Waals surface area (Å²) in [5.41, 5.74) is 10.7. The Morgan fingerprint density at radius 3 is 2.60 bits per heavy atom. The molecule has 0 spiro atoms. The summed E-state index contributed by atoms with van der Waals surface area (Å²) in [6.07, 6.45) is 0. The van der Waals surface area contributed by atoms with E-state index in [0.717, 1.165) is 6.07 Å². The van der Waals surface area contributed by atoms with Crippen molar-refractivity contribution in [3.8, 4) is 0 Å². The van der Waals surface area contributed by atoms with E-state index >= 15 is 0 Å². The van der Waals surface area contributed by atoms with Gasteiger partial charge in [0, 0.05) is 0 Å². The summed E-state index contributed by atoms with van der Waals surface area (Å²) in [4.78, 5) is 14.9. The number of carbonyl (C=O) groups excluding carboxylic acids is 1. The standard InChI is InChI=1S/C13H12F2N4O/c1-6-2-3-7(14)11(10(6)15)19-13-8(16)4-5-9(18-13)12(17)20/h2-5H,16H2,1H3,(H2,17,20)(H,18,19). The summed E-state index contributed by atoms with van der Waals surface area (Å²) < 4.78 is 27.5. The fraction of sp³-hybridized carbons (Fsp3) is 0.0769. The molecule has 7 heteroatoms. The molecule has 0 aliphatic heterocycles. The van der Waals surface area contributed by atoms with E-state index in [0.29, 0.717) is 0 Å². The van der Waals surface area contributed by atoms with Gasteiger partial charge in [-0.1, -0.05) is 6.07 Å². The van der Waals surface area contributed by atoms with Crippen LogP contribution in [0.5, 0.6) is 0 Å². The number of nitrogens with one attached hydrogen (secondary N) is 1.